The number of fused-ring (bicyclic) bond motifs is 1. The van der Waals surface area contributed by atoms with E-state index in [1.165, 1.54) is 4.68 Å². The Kier molecular flexibility index (Phi) is 2.03. The lowest BCUT2D eigenvalue weighted by atomic mass is 10.3. The Morgan fingerprint density at radius 3 is 3.00 bits per heavy atom. The third kappa shape index (κ3) is 1.34. The molecular formula is C10H7BrN4O. The van der Waals surface area contributed by atoms with Crippen LogP contribution < -0.4 is 4.90 Å². The van der Waals surface area contributed by atoms with Gasteiger partial charge in [0.2, 0.25) is 0 Å². The van der Waals surface area contributed by atoms with Crippen LogP contribution in [0.4, 0.5) is 10.5 Å². The Hall–Kier alpha value is -1.69. The van der Waals surface area contributed by atoms with Gasteiger partial charge in [0.15, 0.2) is 0 Å². The number of carbonyl (C=O) groups excluding carboxylic acids is 1. The lowest BCUT2D eigenvalue weighted by Gasteiger charge is -2.13. The van der Waals surface area contributed by atoms with Crippen LogP contribution in [0.15, 0.2) is 35.2 Å². The molecule has 0 aromatic carbocycles. The third-order valence-corrected chi connectivity index (χ3v) is 2.89. The van der Waals surface area contributed by atoms with E-state index >= 15 is 0 Å². The Bertz CT molecular complexity index is 565. The summed E-state index contributed by atoms with van der Waals surface area (Å²) >= 11 is 3.33. The van der Waals surface area contributed by atoms with E-state index in [-0.39, 0.29) is 6.03 Å². The van der Waals surface area contributed by atoms with Gasteiger partial charge in [-0.2, -0.15) is 9.78 Å². The monoisotopic (exact) mass is 278 g/mol. The molecule has 1 aliphatic heterocycles. The van der Waals surface area contributed by atoms with Crippen LogP contribution in [-0.4, -0.2) is 20.8 Å². The quantitative estimate of drug-likeness (QED) is 0.802. The molecule has 80 valence electrons. The summed E-state index contributed by atoms with van der Waals surface area (Å²) < 4.78 is 2.25. The number of pyridine rings is 1. The number of anilines is 1. The van der Waals surface area contributed by atoms with Crippen molar-refractivity contribution < 1.29 is 4.79 Å². The van der Waals surface area contributed by atoms with Gasteiger partial charge in [0.25, 0.3) is 0 Å². The van der Waals surface area contributed by atoms with Gasteiger partial charge in [0.05, 0.1) is 24.1 Å². The molecule has 0 fully saturated rings. The lowest BCUT2D eigenvalue weighted by Crippen LogP contribution is -2.26. The van der Waals surface area contributed by atoms with Gasteiger partial charge >= 0.3 is 6.03 Å². The second kappa shape index (κ2) is 3.41. The fourth-order valence-electron chi connectivity index (χ4n) is 1.72. The Balaban J connectivity index is 2.00. The predicted molar refractivity (Wildman–Crippen MR) is 61.1 cm³/mol. The molecule has 0 aliphatic carbocycles. The SMILES string of the molecule is O=C1N(c2cncc(Br)c2)Cc2ccnn21. The second-order valence-corrected chi connectivity index (χ2v) is 4.38. The second-order valence-electron chi connectivity index (χ2n) is 3.46. The highest BCUT2D eigenvalue weighted by Crippen LogP contribution is 2.24. The number of carbonyl (C=O) groups is 1. The summed E-state index contributed by atoms with van der Waals surface area (Å²) in [4.78, 5) is 17.6. The van der Waals surface area contributed by atoms with Crippen molar-refractivity contribution in [3.8, 4) is 0 Å². The molecule has 3 rings (SSSR count). The third-order valence-electron chi connectivity index (χ3n) is 2.46. The average Bonchev–Trinajstić information content (AvgIpc) is 2.82. The first kappa shape index (κ1) is 9.53. The molecule has 1 amide bonds. The average molecular weight is 279 g/mol. The standard InChI is InChI=1S/C10H7BrN4O/c11-7-3-9(5-12-4-7)14-6-8-1-2-13-15(8)10(14)16/h1-5H,6H2. The number of rotatable bonds is 1. The van der Waals surface area contributed by atoms with Crippen molar-refractivity contribution in [2.24, 2.45) is 0 Å². The van der Waals surface area contributed by atoms with E-state index in [0.29, 0.717) is 6.54 Å². The van der Waals surface area contributed by atoms with Gasteiger partial charge in [-0.3, -0.25) is 9.88 Å². The molecule has 5 nitrogen and oxygen atoms in total. The van der Waals surface area contributed by atoms with E-state index in [1.54, 1.807) is 23.5 Å². The first-order valence-corrected chi connectivity index (χ1v) is 5.50. The van der Waals surface area contributed by atoms with Crippen molar-refractivity contribution in [1.82, 2.24) is 14.8 Å². The molecule has 0 bridgehead atoms. The fraction of sp³-hybridized carbons (Fsp3) is 0.100. The van der Waals surface area contributed by atoms with Gasteiger partial charge < -0.3 is 0 Å². The number of nitrogens with zero attached hydrogens (tertiary/aromatic N) is 4. The summed E-state index contributed by atoms with van der Waals surface area (Å²) in [6.07, 6.45) is 4.97. The van der Waals surface area contributed by atoms with E-state index in [1.807, 2.05) is 12.1 Å². The topological polar surface area (TPSA) is 51.0 Å². The summed E-state index contributed by atoms with van der Waals surface area (Å²) in [6.45, 7) is 0.539. The highest BCUT2D eigenvalue weighted by Gasteiger charge is 2.28. The minimum absolute atomic E-state index is 0.139. The summed E-state index contributed by atoms with van der Waals surface area (Å²) in [5.41, 5.74) is 1.66. The minimum Gasteiger partial charge on any atom is -0.285 e. The molecule has 3 heterocycles. The molecule has 0 atom stereocenters. The van der Waals surface area contributed by atoms with Crippen molar-refractivity contribution >= 4 is 27.6 Å². The van der Waals surface area contributed by atoms with Gasteiger partial charge in [-0.1, -0.05) is 0 Å². The van der Waals surface area contributed by atoms with Crippen LogP contribution in [-0.2, 0) is 6.54 Å². The van der Waals surface area contributed by atoms with E-state index in [2.05, 4.69) is 26.0 Å². The number of hydrogen-bond acceptors (Lipinski definition) is 3. The van der Waals surface area contributed by atoms with E-state index in [0.717, 1.165) is 15.9 Å². The molecule has 0 saturated carbocycles. The Labute approximate surface area is 99.8 Å². The maximum atomic E-state index is 12.0. The molecule has 0 saturated heterocycles. The summed E-state index contributed by atoms with van der Waals surface area (Å²) in [5.74, 6) is 0. The van der Waals surface area contributed by atoms with Crippen LogP contribution in [0.5, 0.6) is 0 Å². The Morgan fingerprint density at radius 2 is 2.25 bits per heavy atom. The van der Waals surface area contributed by atoms with Crippen molar-refractivity contribution in [2.45, 2.75) is 6.54 Å². The zero-order valence-corrected chi connectivity index (χ0v) is 9.75. The highest BCUT2D eigenvalue weighted by molar-refractivity contribution is 9.10. The van der Waals surface area contributed by atoms with Crippen molar-refractivity contribution in [3.63, 3.8) is 0 Å². The van der Waals surface area contributed by atoms with Crippen molar-refractivity contribution in [2.75, 3.05) is 4.90 Å². The van der Waals surface area contributed by atoms with E-state index in [4.69, 9.17) is 0 Å². The number of amides is 1. The molecule has 2 aromatic rings. The first-order valence-electron chi connectivity index (χ1n) is 4.71. The predicted octanol–water partition coefficient (Wildman–Crippen LogP) is 2.03. The largest absolute Gasteiger partial charge is 0.349 e. The van der Waals surface area contributed by atoms with Gasteiger partial charge in [-0.15, -0.1) is 0 Å². The van der Waals surface area contributed by atoms with E-state index < -0.39 is 0 Å². The molecule has 0 N–H and O–H groups in total. The number of halogens is 1. The number of hydrogen-bond donors (Lipinski definition) is 0. The molecule has 0 spiro atoms. The molecule has 0 unspecified atom stereocenters. The molecule has 0 radical (unpaired) electrons. The highest BCUT2D eigenvalue weighted by atomic mass is 79.9. The molecule has 6 heteroatoms. The van der Waals surface area contributed by atoms with Crippen LogP contribution in [0, 0.1) is 0 Å². The van der Waals surface area contributed by atoms with Crippen LogP contribution in [0.3, 0.4) is 0 Å². The summed E-state index contributed by atoms with van der Waals surface area (Å²) in [7, 11) is 0. The van der Waals surface area contributed by atoms with Gasteiger partial charge in [-0.25, -0.2) is 4.79 Å². The maximum absolute atomic E-state index is 12.0. The Morgan fingerprint density at radius 1 is 1.38 bits per heavy atom. The first-order chi connectivity index (χ1) is 7.75. The fourth-order valence-corrected chi connectivity index (χ4v) is 2.07. The molecular weight excluding hydrogens is 272 g/mol. The smallest absolute Gasteiger partial charge is 0.285 e. The van der Waals surface area contributed by atoms with Crippen molar-refractivity contribution in [1.29, 1.82) is 0 Å². The van der Waals surface area contributed by atoms with Crippen molar-refractivity contribution in [3.05, 3.63) is 40.9 Å². The maximum Gasteiger partial charge on any atom is 0.349 e. The van der Waals surface area contributed by atoms with Crippen LogP contribution >= 0.6 is 15.9 Å². The van der Waals surface area contributed by atoms with Crippen LogP contribution in [0.25, 0.3) is 0 Å². The van der Waals surface area contributed by atoms with Crippen LogP contribution in [0.1, 0.15) is 5.69 Å². The van der Waals surface area contributed by atoms with Gasteiger partial charge in [0.1, 0.15) is 0 Å². The zero-order valence-electron chi connectivity index (χ0n) is 8.17. The molecule has 1 aliphatic rings. The normalized spacial score (nSPS) is 14.3. The molecule has 2 aromatic heterocycles. The molecule has 16 heavy (non-hydrogen) atoms. The summed E-state index contributed by atoms with van der Waals surface area (Å²) in [6, 6.07) is 3.56. The van der Waals surface area contributed by atoms with E-state index in [9.17, 15) is 4.79 Å². The van der Waals surface area contributed by atoms with Gasteiger partial charge in [-0.05, 0) is 28.1 Å². The zero-order chi connectivity index (χ0) is 11.1. The summed E-state index contributed by atoms with van der Waals surface area (Å²) in [5, 5.41) is 3.97. The minimum atomic E-state index is -0.139. The van der Waals surface area contributed by atoms with Crippen LogP contribution in [0.2, 0.25) is 0 Å². The van der Waals surface area contributed by atoms with Gasteiger partial charge in [0, 0.05) is 16.9 Å². The lowest BCUT2D eigenvalue weighted by molar-refractivity contribution is 0.248. The number of aromatic nitrogens is 3.